The average molecular weight is 560 g/mol. The van der Waals surface area contributed by atoms with Crippen molar-refractivity contribution in [3.8, 4) is 0 Å². The Morgan fingerprint density at radius 3 is 1.34 bits per heavy atom. The van der Waals surface area contributed by atoms with Gasteiger partial charge in [-0.15, -0.1) is 0 Å². The Morgan fingerprint density at radius 2 is 0.976 bits per heavy atom. The SMILES string of the molecule is Cc1c(C)c(NC(=O)c2cccc(C(=O)Nc3c(C)c(C)c(NC(=O)OC(C)(C)C)c(C)c3C)n2)c(C)c(C)c1N. The standard InChI is InChI=1S/C32H41N5O4/c1-15-17(3)26(18(4)16(2)25(15)33)35-29(38)23-13-12-14-24(34-23)30(39)36-27-19(5)21(7)28(22(8)20(27)6)37-31(40)41-32(9,10)11/h12-14H,33H2,1-11H3,(H,35,38)(H,36,39)(H,37,40). The predicted molar refractivity (Wildman–Crippen MR) is 165 cm³/mol. The average Bonchev–Trinajstić information content (AvgIpc) is 2.91. The van der Waals surface area contributed by atoms with E-state index in [0.29, 0.717) is 22.7 Å². The molecule has 0 saturated carbocycles. The van der Waals surface area contributed by atoms with Gasteiger partial charge in [0.05, 0.1) is 5.69 Å². The smallest absolute Gasteiger partial charge is 0.412 e. The first kappa shape index (κ1) is 31.1. The third-order valence-corrected chi connectivity index (χ3v) is 7.63. The lowest BCUT2D eigenvalue weighted by Crippen LogP contribution is -2.28. The molecule has 0 aliphatic rings. The van der Waals surface area contributed by atoms with E-state index in [1.54, 1.807) is 39.0 Å². The molecule has 0 bridgehead atoms. The van der Waals surface area contributed by atoms with Crippen molar-refractivity contribution in [1.82, 2.24) is 4.98 Å². The van der Waals surface area contributed by atoms with Crippen molar-refractivity contribution in [1.29, 1.82) is 0 Å². The number of aromatic nitrogens is 1. The Kier molecular flexibility index (Phi) is 8.81. The molecular formula is C32H41N5O4. The lowest BCUT2D eigenvalue weighted by molar-refractivity contribution is 0.0635. The third kappa shape index (κ3) is 6.51. The van der Waals surface area contributed by atoms with Crippen molar-refractivity contribution < 1.29 is 19.1 Å². The molecule has 218 valence electrons. The van der Waals surface area contributed by atoms with Gasteiger partial charge in [0.25, 0.3) is 11.8 Å². The highest BCUT2D eigenvalue weighted by Crippen LogP contribution is 2.35. The molecular weight excluding hydrogens is 518 g/mol. The Hall–Kier alpha value is -4.40. The number of nitrogen functional groups attached to an aromatic ring is 1. The van der Waals surface area contributed by atoms with Gasteiger partial charge < -0.3 is 21.1 Å². The zero-order valence-electron chi connectivity index (χ0n) is 25.9. The monoisotopic (exact) mass is 559 g/mol. The fourth-order valence-corrected chi connectivity index (χ4v) is 4.66. The summed E-state index contributed by atoms with van der Waals surface area (Å²) in [6, 6.07) is 4.75. The zero-order chi connectivity index (χ0) is 31.0. The molecule has 5 N–H and O–H groups in total. The van der Waals surface area contributed by atoms with E-state index >= 15 is 0 Å². The minimum Gasteiger partial charge on any atom is -0.444 e. The Balaban J connectivity index is 1.87. The van der Waals surface area contributed by atoms with E-state index in [0.717, 1.165) is 44.5 Å². The van der Waals surface area contributed by atoms with Gasteiger partial charge in [-0.3, -0.25) is 14.9 Å². The van der Waals surface area contributed by atoms with Crippen LogP contribution < -0.4 is 21.7 Å². The van der Waals surface area contributed by atoms with Crippen LogP contribution in [0.25, 0.3) is 0 Å². The summed E-state index contributed by atoms with van der Waals surface area (Å²) < 4.78 is 5.42. The van der Waals surface area contributed by atoms with Gasteiger partial charge in [0.2, 0.25) is 0 Å². The van der Waals surface area contributed by atoms with Gasteiger partial charge in [0.15, 0.2) is 0 Å². The van der Waals surface area contributed by atoms with Crippen LogP contribution in [0.15, 0.2) is 18.2 Å². The maximum atomic E-state index is 13.3. The summed E-state index contributed by atoms with van der Waals surface area (Å²) in [5.41, 5.74) is 15.2. The van der Waals surface area contributed by atoms with E-state index in [1.807, 2.05) is 55.4 Å². The van der Waals surface area contributed by atoms with Crippen LogP contribution in [-0.2, 0) is 4.74 Å². The van der Waals surface area contributed by atoms with Crippen molar-refractivity contribution in [3.05, 3.63) is 74.1 Å². The van der Waals surface area contributed by atoms with Gasteiger partial charge in [0, 0.05) is 17.1 Å². The number of rotatable bonds is 5. The number of amides is 3. The van der Waals surface area contributed by atoms with Crippen LogP contribution in [0.5, 0.6) is 0 Å². The molecule has 0 saturated heterocycles. The number of benzene rings is 2. The van der Waals surface area contributed by atoms with Crippen molar-refractivity contribution >= 4 is 40.7 Å². The van der Waals surface area contributed by atoms with E-state index in [4.69, 9.17) is 10.5 Å². The summed E-state index contributed by atoms with van der Waals surface area (Å²) in [5, 5.41) is 8.76. The zero-order valence-corrected chi connectivity index (χ0v) is 25.9. The summed E-state index contributed by atoms with van der Waals surface area (Å²) in [7, 11) is 0. The number of carbonyl (C=O) groups is 3. The van der Waals surface area contributed by atoms with Gasteiger partial charge >= 0.3 is 6.09 Å². The lowest BCUT2D eigenvalue weighted by atomic mass is 9.95. The van der Waals surface area contributed by atoms with Crippen molar-refractivity contribution in [2.75, 3.05) is 21.7 Å². The predicted octanol–water partition coefficient (Wildman–Crippen LogP) is 6.98. The highest BCUT2D eigenvalue weighted by Gasteiger charge is 2.23. The molecule has 1 aromatic heterocycles. The number of carbonyl (C=O) groups excluding carboxylic acids is 3. The fourth-order valence-electron chi connectivity index (χ4n) is 4.66. The Bertz CT molecular complexity index is 1510. The molecule has 3 amide bonds. The number of pyridine rings is 1. The van der Waals surface area contributed by atoms with Crippen LogP contribution >= 0.6 is 0 Å². The highest BCUT2D eigenvalue weighted by atomic mass is 16.6. The summed E-state index contributed by atoms with van der Waals surface area (Å²) in [6.07, 6.45) is -0.548. The van der Waals surface area contributed by atoms with Crippen LogP contribution in [0.2, 0.25) is 0 Å². The number of hydrogen-bond acceptors (Lipinski definition) is 6. The van der Waals surface area contributed by atoms with Crippen LogP contribution in [-0.4, -0.2) is 28.5 Å². The number of nitrogens with one attached hydrogen (secondary N) is 3. The van der Waals surface area contributed by atoms with Gasteiger partial charge in [-0.1, -0.05) is 6.07 Å². The quantitative estimate of drug-likeness (QED) is 0.249. The summed E-state index contributed by atoms with van der Waals surface area (Å²) >= 11 is 0. The first-order valence-corrected chi connectivity index (χ1v) is 13.5. The molecule has 0 spiro atoms. The Labute approximate surface area is 242 Å². The molecule has 0 atom stereocenters. The normalized spacial score (nSPS) is 11.2. The molecule has 0 fully saturated rings. The van der Waals surface area contributed by atoms with Crippen LogP contribution in [0.3, 0.4) is 0 Å². The first-order chi connectivity index (χ1) is 18.9. The Morgan fingerprint density at radius 1 is 0.634 bits per heavy atom. The molecule has 2 aromatic carbocycles. The minimum absolute atomic E-state index is 0.0980. The largest absolute Gasteiger partial charge is 0.444 e. The maximum absolute atomic E-state index is 13.3. The van der Waals surface area contributed by atoms with Crippen LogP contribution in [0.4, 0.5) is 27.5 Å². The number of nitrogens with two attached hydrogens (primary N) is 1. The van der Waals surface area contributed by atoms with Crippen molar-refractivity contribution in [2.24, 2.45) is 0 Å². The minimum atomic E-state index is -0.632. The molecule has 0 radical (unpaired) electrons. The molecule has 3 aromatic rings. The molecule has 9 nitrogen and oxygen atoms in total. The number of anilines is 4. The van der Waals surface area contributed by atoms with Crippen LogP contribution in [0, 0.1) is 55.4 Å². The molecule has 3 rings (SSSR count). The molecule has 0 aliphatic heterocycles. The third-order valence-electron chi connectivity index (χ3n) is 7.63. The van der Waals surface area contributed by atoms with Crippen molar-refractivity contribution in [2.45, 2.75) is 81.8 Å². The van der Waals surface area contributed by atoms with E-state index in [-0.39, 0.29) is 11.4 Å². The molecule has 41 heavy (non-hydrogen) atoms. The second-order valence-electron chi connectivity index (χ2n) is 11.5. The summed E-state index contributed by atoms with van der Waals surface area (Å²) in [4.78, 5) is 43.3. The maximum Gasteiger partial charge on any atom is 0.412 e. The second kappa shape index (κ2) is 11.6. The van der Waals surface area contributed by atoms with Crippen LogP contribution in [0.1, 0.15) is 86.3 Å². The van der Waals surface area contributed by atoms with Gasteiger partial charge in [-0.25, -0.2) is 9.78 Å². The summed E-state index contributed by atoms with van der Waals surface area (Å²) in [5.74, 6) is -0.880. The highest BCUT2D eigenvalue weighted by molar-refractivity contribution is 6.07. The molecule has 0 aliphatic carbocycles. The topological polar surface area (TPSA) is 135 Å². The van der Waals surface area contributed by atoms with E-state index in [9.17, 15) is 14.4 Å². The van der Waals surface area contributed by atoms with E-state index in [1.165, 1.54) is 0 Å². The molecule has 0 unspecified atom stereocenters. The number of nitrogens with zero attached hydrogens (tertiary/aromatic N) is 1. The van der Waals surface area contributed by atoms with E-state index in [2.05, 4.69) is 20.9 Å². The van der Waals surface area contributed by atoms with Gasteiger partial charge in [-0.2, -0.15) is 0 Å². The van der Waals surface area contributed by atoms with Gasteiger partial charge in [0.1, 0.15) is 17.0 Å². The number of ether oxygens (including phenoxy) is 1. The molecule has 9 heteroatoms. The second-order valence-corrected chi connectivity index (χ2v) is 11.5. The van der Waals surface area contributed by atoms with Gasteiger partial charge in [-0.05, 0) is 133 Å². The number of hydrogen-bond donors (Lipinski definition) is 4. The van der Waals surface area contributed by atoms with E-state index < -0.39 is 23.5 Å². The molecule has 1 heterocycles. The lowest BCUT2D eigenvalue weighted by Gasteiger charge is -2.24. The summed E-state index contributed by atoms with van der Waals surface area (Å²) in [6.45, 7) is 20.6. The van der Waals surface area contributed by atoms with Crippen molar-refractivity contribution in [3.63, 3.8) is 0 Å². The fraction of sp³-hybridized carbons (Fsp3) is 0.375. The first-order valence-electron chi connectivity index (χ1n) is 13.5.